The molecule has 0 amide bonds. The van der Waals surface area contributed by atoms with Crippen LogP contribution >= 0.6 is 0 Å². The number of benzene rings is 5. The number of rotatable bonds is 4. The number of hydrogen-bond donors (Lipinski definition) is 3. The molecule has 8 nitrogen and oxygen atoms in total. The van der Waals surface area contributed by atoms with Gasteiger partial charge in [-0.2, -0.15) is 0 Å². The molecule has 0 saturated heterocycles. The van der Waals surface area contributed by atoms with Crippen molar-refractivity contribution in [1.29, 1.82) is 0 Å². The van der Waals surface area contributed by atoms with Gasteiger partial charge < -0.3 is 29.5 Å². The van der Waals surface area contributed by atoms with E-state index in [-0.39, 0.29) is 45.6 Å². The first-order chi connectivity index (χ1) is 18.8. The van der Waals surface area contributed by atoms with Gasteiger partial charge >= 0.3 is 0 Å². The lowest BCUT2D eigenvalue weighted by Crippen LogP contribution is -2.18. The molecule has 194 valence electrons. The van der Waals surface area contributed by atoms with Crippen molar-refractivity contribution < 1.29 is 39.1 Å². The Kier molecular flexibility index (Phi) is 5.36. The number of Topliss-reactive ketones (excluding diaryl/α,β-unsaturated/α-hetero) is 1. The number of fused-ring (bicyclic) bond motifs is 6. The molecule has 0 heterocycles. The maximum atomic E-state index is 13.4. The summed E-state index contributed by atoms with van der Waals surface area (Å²) in [5.41, 5.74) is 1.30. The molecule has 39 heavy (non-hydrogen) atoms. The van der Waals surface area contributed by atoms with Gasteiger partial charge in [-0.25, -0.2) is 0 Å². The molecule has 5 aromatic rings. The number of allylic oxidation sites excluding steroid dienone is 2. The third kappa shape index (κ3) is 3.38. The summed E-state index contributed by atoms with van der Waals surface area (Å²) in [5.74, 6) is -0.520. The fourth-order valence-electron chi connectivity index (χ4n) is 5.54. The lowest BCUT2D eigenvalue weighted by Gasteiger charge is -2.21. The van der Waals surface area contributed by atoms with Crippen LogP contribution in [-0.4, -0.2) is 48.2 Å². The Morgan fingerprint density at radius 3 is 2.10 bits per heavy atom. The second-order valence-electron chi connectivity index (χ2n) is 9.16. The van der Waals surface area contributed by atoms with Crippen LogP contribution in [0.2, 0.25) is 0 Å². The minimum Gasteiger partial charge on any atom is -0.508 e. The highest BCUT2D eigenvalue weighted by molar-refractivity contribution is 6.30. The molecule has 0 radical (unpaired) electrons. The number of phenols is 3. The van der Waals surface area contributed by atoms with Crippen LogP contribution in [0.15, 0.2) is 66.4 Å². The number of ketones is 2. The fraction of sp³-hybridized carbons (Fsp3) is 0.0968. The number of phenolic OH excluding ortho intramolecular Hbond substituents is 3. The molecule has 0 spiro atoms. The van der Waals surface area contributed by atoms with Crippen molar-refractivity contribution in [3.8, 4) is 39.9 Å². The highest BCUT2D eigenvalue weighted by Gasteiger charge is 2.30. The van der Waals surface area contributed by atoms with Crippen molar-refractivity contribution in [1.82, 2.24) is 0 Å². The minimum atomic E-state index is -0.423. The van der Waals surface area contributed by atoms with Gasteiger partial charge in [-0.3, -0.25) is 9.59 Å². The van der Waals surface area contributed by atoms with E-state index in [2.05, 4.69) is 0 Å². The van der Waals surface area contributed by atoms with E-state index >= 15 is 0 Å². The molecule has 1 aliphatic carbocycles. The molecule has 1 aliphatic rings. The van der Waals surface area contributed by atoms with Gasteiger partial charge in [-0.05, 0) is 58.1 Å². The number of hydrogen-bond acceptors (Lipinski definition) is 8. The summed E-state index contributed by atoms with van der Waals surface area (Å²) in [7, 11) is 4.23. The van der Waals surface area contributed by atoms with Crippen LogP contribution in [0, 0.1) is 0 Å². The summed E-state index contributed by atoms with van der Waals surface area (Å²) in [6, 6.07) is 14.3. The third-order valence-electron chi connectivity index (χ3n) is 7.16. The quantitative estimate of drug-likeness (QED) is 0.251. The Morgan fingerprint density at radius 2 is 1.38 bits per heavy atom. The fourth-order valence-corrected chi connectivity index (χ4v) is 5.54. The zero-order valence-corrected chi connectivity index (χ0v) is 21.2. The second-order valence-corrected chi connectivity index (χ2v) is 9.16. The summed E-state index contributed by atoms with van der Waals surface area (Å²) in [4.78, 5) is 26.4. The first-order valence-corrected chi connectivity index (χ1v) is 12.0. The van der Waals surface area contributed by atoms with E-state index < -0.39 is 11.6 Å². The molecule has 0 bridgehead atoms. The molecule has 8 heteroatoms. The van der Waals surface area contributed by atoms with Crippen LogP contribution in [0.25, 0.3) is 43.4 Å². The van der Waals surface area contributed by atoms with Crippen molar-refractivity contribution in [3.63, 3.8) is 0 Å². The molecule has 0 aromatic heterocycles. The molecular formula is C31H22O8. The van der Waals surface area contributed by atoms with E-state index in [1.807, 2.05) is 0 Å². The average molecular weight is 523 g/mol. The van der Waals surface area contributed by atoms with Crippen LogP contribution in [0.3, 0.4) is 0 Å². The van der Waals surface area contributed by atoms with E-state index in [4.69, 9.17) is 14.2 Å². The van der Waals surface area contributed by atoms with Gasteiger partial charge in [0, 0.05) is 45.0 Å². The van der Waals surface area contributed by atoms with Gasteiger partial charge in [0.25, 0.3) is 0 Å². The molecule has 5 aromatic carbocycles. The SMILES string of the molecule is COC1=CC(=O)c2c(ccc3cc(O)cc(-c4c(OC)cc(O)c5c4ccc4c(OC)c(O)ccc45)c23)C1=O. The van der Waals surface area contributed by atoms with Gasteiger partial charge in [0.2, 0.25) is 5.78 Å². The number of ether oxygens (including phenoxy) is 3. The normalized spacial score (nSPS) is 13.1. The van der Waals surface area contributed by atoms with Crippen molar-refractivity contribution in [2.45, 2.75) is 0 Å². The summed E-state index contributed by atoms with van der Waals surface area (Å²) >= 11 is 0. The first-order valence-electron chi connectivity index (χ1n) is 12.0. The lowest BCUT2D eigenvalue weighted by molar-refractivity contribution is 0.0917. The largest absolute Gasteiger partial charge is 0.508 e. The van der Waals surface area contributed by atoms with Crippen LogP contribution < -0.4 is 9.47 Å². The van der Waals surface area contributed by atoms with Crippen molar-refractivity contribution in [3.05, 3.63) is 77.6 Å². The van der Waals surface area contributed by atoms with E-state index in [1.54, 1.807) is 30.3 Å². The molecule has 3 N–H and O–H groups in total. The van der Waals surface area contributed by atoms with Crippen LogP contribution in [0.5, 0.6) is 28.7 Å². The van der Waals surface area contributed by atoms with Crippen molar-refractivity contribution in [2.24, 2.45) is 0 Å². The Bertz CT molecular complexity index is 1930. The first kappa shape index (κ1) is 24.1. The zero-order valence-electron chi connectivity index (χ0n) is 21.2. The van der Waals surface area contributed by atoms with Crippen LogP contribution in [-0.2, 0) is 4.74 Å². The van der Waals surface area contributed by atoms with Crippen molar-refractivity contribution in [2.75, 3.05) is 21.3 Å². The standard InChI is InChI=1S/C31H22O8/c1-37-24-12-22(34)27-16-8-9-21(33)31(39-3)17(16)6-7-18(27)28(24)20-11-15(32)10-14-4-5-19-29(26(14)20)23(35)13-25(38-2)30(19)36/h4-13,32-34H,1-3H3. The lowest BCUT2D eigenvalue weighted by atomic mass is 9.84. The molecular weight excluding hydrogens is 500 g/mol. The number of carbonyl (C=O) groups excluding carboxylic acids is 2. The van der Waals surface area contributed by atoms with Gasteiger partial charge in [-0.1, -0.05) is 12.1 Å². The summed E-state index contributed by atoms with van der Waals surface area (Å²) in [6.45, 7) is 0. The van der Waals surface area contributed by atoms with Crippen LogP contribution in [0.1, 0.15) is 20.7 Å². The van der Waals surface area contributed by atoms with Gasteiger partial charge in [-0.15, -0.1) is 0 Å². The predicted molar refractivity (Wildman–Crippen MR) is 146 cm³/mol. The highest BCUT2D eigenvalue weighted by atomic mass is 16.5. The Morgan fingerprint density at radius 1 is 0.641 bits per heavy atom. The molecule has 6 rings (SSSR count). The van der Waals surface area contributed by atoms with E-state index in [9.17, 15) is 24.9 Å². The Hall–Kier alpha value is -5.24. The van der Waals surface area contributed by atoms with Crippen molar-refractivity contribution >= 4 is 43.9 Å². The predicted octanol–water partition coefficient (Wildman–Crippen LogP) is 5.86. The molecule has 0 unspecified atom stereocenters. The summed E-state index contributed by atoms with van der Waals surface area (Å²) in [6.07, 6.45) is 1.17. The van der Waals surface area contributed by atoms with Gasteiger partial charge in [0.1, 0.15) is 17.2 Å². The Balaban J connectivity index is 1.80. The van der Waals surface area contributed by atoms with E-state index in [0.29, 0.717) is 43.4 Å². The van der Waals surface area contributed by atoms with Gasteiger partial charge in [0.05, 0.1) is 21.3 Å². The van der Waals surface area contributed by atoms with E-state index in [0.717, 1.165) is 0 Å². The topological polar surface area (TPSA) is 123 Å². The van der Waals surface area contributed by atoms with Gasteiger partial charge in [0.15, 0.2) is 23.0 Å². The highest BCUT2D eigenvalue weighted by Crippen LogP contribution is 2.49. The molecule has 0 atom stereocenters. The third-order valence-corrected chi connectivity index (χ3v) is 7.16. The second kappa shape index (κ2) is 8.66. The minimum absolute atomic E-state index is 0.0464. The summed E-state index contributed by atoms with van der Waals surface area (Å²) in [5, 5.41) is 35.3. The summed E-state index contributed by atoms with van der Waals surface area (Å²) < 4.78 is 16.2. The molecule has 0 fully saturated rings. The number of methoxy groups -OCH3 is 3. The smallest absolute Gasteiger partial charge is 0.228 e. The molecule has 0 aliphatic heterocycles. The van der Waals surface area contributed by atoms with Crippen LogP contribution in [0.4, 0.5) is 0 Å². The average Bonchev–Trinajstić information content (AvgIpc) is 2.93. The van der Waals surface area contributed by atoms with E-state index in [1.165, 1.54) is 51.7 Å². The molecule has 0 saturated carbocycles. The Labute approximate surface area is 221 Å². The maximum absolute atomic E-state index is 13.4. The number of aromatic hydroxyl groups is 3. The monoisotopic (exact) mass is 522 g/mol. The number of carbonyl (C=O) groups is 2. The maximum Gasteiger partial charge on any atom is 0.228 e. The zero-order chi connectivity index (χ0) is 27.6.